The average molecular weight is 303 g/mol. The zero-order valence-corrected chi connectivity index (χ0v) is 11.8. The fourth-order valence-electron chi connectivity index (χ4n) is 2.01. The van der Waals surface area contributed by atoms with Crippen LogP contribution in [0.1, 0.15) is 16.2 Å². The highest BCUT2D eigenvalue weighted by Gasteiger charge is 2.18. The molecular weight excluding hydrogens is 292 g/mol. The van der Waals surface area contributed by atoms with Crippen molar-refractivity contribution in [3.63, 3.8) is 0 Å². The first-order chi connectivity index (χ1) is 10.0. The Kier molecular flexibility index (Phi) is 3.27. The van der Waals surface area contributed by atoms with Crippen LogP contribution >= 0.6 is 11.6 Å². The molecule has 1 aromatic carbocycles. The number of carbonyl (C=O) groups is 1. The Labute approximate surface area is 125 Å². The predicted octanol–water partition coefficient (Wildman–Crippen LogP) is 3.79. The molecule has 0 aliphatic heterocycles. The van der Waals surface area contributed by atoms with E-state index in [0.717, 1.165) is 5.76 Å². The third-order valence-corrected chi connectivity index (χ3v) is 3.24. The summed E-state index contributed by atoms with van der Waals surface area (Å²) >= 11 is 5.84. The van der Waals surface area contributed by atoms with Gasteiger partial charge in [-0.15, -0.1) is 0 Å². The van der Waals surface area contributed by atoms with Crippen LogP contribution in [0.2, 0.25) is 5.02 Å². The number of aromatic nitrogens is 2. The van der Waals surface area contributed by atoms with Crippen molar-refractivity contribution in [3.8, 4) is 17.1 Å². The first kappa shape index (κ1) is 13.5. The second-order valence-corrected chi connectivity index (χ2v) is 4.95. The van der Waals surface area contributed by atoms with Crippen LogP contribution in [0.25, 0.3) is 17.1 Å². The summed E-state index contributed by atoms with van der Waals surface area (Å²) in [5.74, 6) is 0.206. The molecule has 0 amide bonds. The van der Waals surface area contributed by atoms with E-state index in [4.69, 9.17) is 16.0 Å². The molecule has 0 aliphatic carbocycles. The predicted molar refractivity (Wildman–Crippen MR) is 78.0 cm³/mol. The maximum Gasteiger partial charge on any atom is 0.354 e. The highest BCUT2D eigenvalue weighted by atomic mass is 35.5. The van der Waals surface area contributed by atoms with Crippen LogP contribution in [0.5, 0.6) is 0 Å². The van der Waals surface area contributed by atoms with Crippen LogP contribution in [0.3, 0.4) is 0 Å². The van der Waals surface area contributed by atoms with Gasteiger partial charge < -0.3 is 9.52 Å². The number of aromatic carboxylic acids is 1. The number of rotatable bonds is 3. The molecule has 106 valence electrons. The van der Waals surface area contributed by atoms with Gasteiger partial charge in [0, 0.05) is 11.1 Å². The van der Waals surface area contributed by atoms with Gasteiger partial charge in [-0.05, 0) is 43.3 Å². The Hall–Kier alpha value is -2.53. The van der Waals surface area contributed by atoms with Crippen LogP contribution < -0.4 is 0 Å². The minimum atomic E-state index is -1.06. The molecule has 0 radical (unpaired) electrons. The van der Waals surface area contributed by atoms with Crippen LogP contribution in [-0.2, 0) is 0 Å². The Morgan fingerprint density at radius 2 is 1.95 bits per heavy atom. The summed E-state index contributed by atoms with van der Waals surface area (Å²) in [5, 5.41) is 14.2. The molecule has 2 aromatic heterocycles. The number of aryl methyl sites for hydroxylation is 1. The van der Waals surface area contributed by atoms with Crippen LogP contribution in [0, 0.1) is 6.92 Å². The molecule has 0 fully saturated rings. The van der Waals surface area contributed by atoms with Crippen molar-refractivity contribution in [2.24, 2.45) is 0 Å². The van der Waals surface area contributed by atoms with Crippen LogP contribution in [-0.4, -0.2) is 20.9 Å². The standard InChI is InChI=1S/C15H11ClN2O3/c1-9-2-7-14(21-9)12-8-13(15(19)20)18(17-12)11-5-3-10(16)4-6-11/h2-8H,1H3,(H,19,20). The molecule has 0 spiro atoms. The first-order valence-electron chi connectivity index (χ1n) is 6.21. The summed E-state index contributed by atoms with van der Waals surface area (Å²) in [5.41, 5.74) is 1.14. The number of carboxylic acids is 1. The summed E-state index contributed by atoms with van der Waals surface area (Å²) < 4.78 is 6.84. The minimum Gasteiger partial charge on any atom is -0.477 e. The van der Waals surface area contributed by atoms with Gasteiger partial charge in [0.2, 0.25) is 0 Å². The molecule has 0 unspecified atom stereocenters. The Bertz CT molecular complexity index is 803. The molecule has 2 heterocycles. The maximum absolute atomic E-state index is 11.4. The molecule has 1 N–H and O–H groups in total. The number of carboxylic acid groups (broad SMARTS) is 1. The van der Waals surface area contributed by atoms with Gasteiger partial charge in [0.15, 0.2) is 11.5 Å². The van der Waals surface area contributed by atoms with E-state index in [1.54, 1.807) is 36.4 Å². The highest BCUT2D eigenvalue weighted by molar-refractivity contribution is 6.30. The monoisotopic (exact) mass is 302 g/mol. The summed E-state index contributed by atoms with van der Waals surface area (Å²) in [6, 6.07) is 11.8. The topological polar surface area (TPSA) is 68.3 Å². The Morgan fingerprint density at radius 1 is 1.24 bits per heavy atom. The molecule has 5 nitrogen and oxygen atoms in total. The van der Waals surface area contributed by atoms with Gasteiger partial charge in [0.25, 0.3) is 0 Å². The quantitative estimate of drug-likeness (QED) is 0.799. The summed E-state index contributed by atoms with van der Waals surface area (Å²) in [6.07, 6.45) is 0. The van der Waals surface area contributed by atoms with E-state index in [1.807, 2.05) is 6.92 Å². The molecule has 21 heavy (non-hydrogen) atoms. The van der Waals surface area contributed by atoms with Crippen molar-refractivity contribution >= 4 is 17.6 Å². The maximum atomic E-state index is 11.4. The van der Waals surface area contributed by atoms with Gasteiger partial charge in [0.1, 0.15) is 11.5 Å². The second-order valence-electron chi connectivity index (χ2n) is 4.52. The second kappa shape index (κ2) is 5.10. The van der Waals surface area contributed by atoms with E-state index < -0.39 is 5.97 Å². The number of hydrogen-bond donors (Lipinski definition) is 1. The zero-order valence-electron chi connectivity index (χ0n) is 11.1. The lowest BCUT2D eigenvalue weighted by Crippen LogP contribution is -2.07. The van der Waals surface area contributed by atoms with Gasteiger partial charge in [-0.3, -0.25) is 0 Å². The molecule has 0 saturated heterocycles. The van der Waals surface area contributed by atoms with Crippen molar-refractivity contribution in [3.05, 3.63) is 58.9 Å². The number of hydrogen-bond acceptors (Lipinski definition) is 3. The Balaban J connectivity index is 2.13. The van der Waals surface area contributed by atoms with E-state index in [1.165, 1.54) is 10.7 Å². The van der Waals surface area contributed by atoms with Crippen molar-refractivity contribution in [1.82, 2.24) is 9.78 Å². The van der Waals surface area contributed by atoms with Gasteiger partial charge in [-0.1, -0.05) is 11.6 Å². The normalized spacial score (nSPS) is 10.8. The van der Waals surface area contributed by atoms with E-state index in [-0.39, 0.29) is 5.69 Å². The SMILES string of the molecule is Cc1ccc(-c2cc(C(=O)O)n(-c3ccc(Cl)cc3)n2)o1. The van der Waals surface area contributed by atoms with E-state index in [2.05, 4.69) is 5.10 Å². The number of furan rings is 1. The number of benzene rings is 1. The molecule has 0 saturated carbocycles. The van der Waals surface area contributed by atoms with Gasteiger partial charge in [0.05, 0.1) is 5.69 Å². The van der Waals surface area contributed by atoms with Crippen molar-refractivity contribution in [1.29, 1.82) is 0 Å². The van der Waals surface area contributed by atoms with E-state index >= 15 is 0 Å². The fourth-order valence-corrected chi connectivity index (χ4v) is 2.13. The van der Waals surface area contributed by atoms with Gasteiger partial charge in [-0.25, -0.2) is 9.48 Å². The largest absolute Gasteiger partial charge is 0.477 e. The van der Waals surface area contributed by atoms with Gasteiger partial charge in [-0.2, -0.15) is 5.10 Å². The molecule has 6 heteroatoms. The van der Waals surface area contributed by atoms with Crippen molar-refractivity contribution in [2.75, 3.05) is 0 Å². The summed E-state index contributed by atoms with van der Waals surface area (Å²) in [4.78, 5) is 11.4. The molecule has 3 aromatic rings. The lowest BCUT2D eigenvalue weighted by molar-refractivity contribution is 0.0687. The van der Waals surface area contributed by atoms with E-state index in [0.29, 0.717) is 22.2 Å². The fraction of sp³-hybridized carbons (Fsp3) is 0.0667. The molecule has 0 bridgehead atoms. The smallest absolute Gasteiger partial charge is 0.354 e. The van der Waals surface area contributed by atoms with Crippen LogP contribution in [0.15, 0.2) is 46.9 Å². The zero-order chi connectivity index (χ0) is 15.0. The van der Waals surface area contributed by atoms with Gasteiger partial charge >= 0.3 is 5.97 Å². The highest BCUT2D eigenvalue weighted by Crippen LogP contribution is 2.24. The molecule has 0 aliphatic rings. The minimum absolute atomic E-state index is 0.0568. The van der Waals surface area contributed by atoms with Crippen molar-refractivity contribution < 1.29 is 14.3 Å². The third-order valence-electron chi connectivity index (χ3n) is 2.99. The number of nitrogens with zero attached hydrogens (tertiary/aromatic N) is 2. The third kappa shape index (κ3) is 2.55. The lowest BCUT2D eigenvalue weighted by atomic mass is 10.3. The van der Waals surface area contributed by atoms with Crippen LogP contribution in [0.4, 0.5) is 0 Å². The molecule has 0 atom stereocenters. The number of halogens is 1. The lowest BCUT2D eigenvalue weighted by Gasteiger charge is -2.03. The van der Waals surface area contributed by atoms with E-state index in [9.17, 15) is 9.90 Å². The first-order valence-corrected chi connectivity index (χ1v) is 6.58. The summed E-state index contributed by atoms with van der Waals surface area (Å²) in [7, 11) is 0. The van der Waals surface area contributed by atoms with Crippen molar-refractivity contribution in [2.45, 2.75) is 6.92 Å². The molecule has 3 rings (SSSR count). The Morgan fingerprint density at radius 3 is 2.52 bits per heavy atom. The average Bonchev–Trinajstić information content (AvgIpc) is 3.05. The molecular formula is C15H11ClN2O3. The summed E-state index contributed by atoms with van der Waals surface area (Å²) in [6.45, 7) is 1.82.